The molecule has 22 heavy (non-hydrogen) atoms. The van der Waals surface area contributed by atoms with E-state index in [0.717, 1.165) is 12.8 Å². The summed E-state index contributed by atoms with van der Waals surface area (Å²) < 4.78 is 5.51. The first-order chi connectivity index (χ1) is 10.5. The van der Waals surface area contributed by atoms with E-state index in [0.29, 0.717) is 24.5 Å². The molecule has 0 aromatic carbocycles. The van der Waals surface area contributed by atoms with E-state index in [1.54, 1.807) is 23.2 Å². The molecule has 0 bridgehead atoms. The fourth-order valence-electron chi connectivity index (χ4n) is 2.60. The lowest BCUT2D eigenvalue weighted by molar-refractivity contribution is -0.138. The minimum absolute atomic E-state index is 0.0185. The zero-order valence-corrected chi connectivity index (χ0v) is 13.3. The van der Waals surface area contributed by atoms with Crippen LogP contribution >= 0.6 is 0 Å². The Morgan fingerprint density at radius 3 is 2.86 bits per heavy atom. The first kappa shape index (κ1) is 16.3. The number of nitrogens with zero attached hydrogens (tertiary/aromatic N) is 2. The van der Waals surface area contributed by atoms with E-state index in [2.05, 4.69) is 10.3 Å². The lowest BCUT2D eigenvalue weighted by Crippen LogP contribution is -2.49. The van der Waals surface area contributed by atoms with Gasteiger partial charge in [-0.3, -0.25) is 9.59 Å². The number of rotatable bonds is 4. The van der Waals surface area contributed by atoms with Gasteiger partial charge >= 0.3 is 0 Å². The molecule has 2 rings (SSSR count). The van der Waals surface area contributed by atoms with Gasteiger partial charge in [0.25, 0.3) is 0 Å². The Hall–Kier alpha value is -2.11. The fraction of sp³-hybridized carbons (Fsp3) is 0.562. The number of anilines is 1. The normalized spacial score (nSPS) is 18.2. The van der Waals surface area contributed by atoms with Crippen LogP contribution in [-0.2, 0) is 9.59 Å². The van der Waals surface area contributed by atoms with Crippen LogP contribution in [0.1, 0.15) is 40.0 Å². The zero-order valence-electron chi connectivity index (χ0n) is 13.3. The molecule has 1 aromatic heterocycles. The third-order valence-electron chi connectivity index (χ3n) is 3.57. The summed E-state index contributed by atoms with van der Waals surface area (Å²) in [6.45, 7) is 5.98. The molecule has 6 heteroatoms. The van der Waals surface area contributed by atoms with Crippen molar-refractivity contribution in [2.75, 3.05) is 11.9 Å². The molecule has 0 saturated carbocycles. The predicted octanol–water partition coefficient (Wildman–Crippen LogP) is 2.21. The van der Waals surface area contributed by atoms with Crippen LogP contribution in [0, 0.1) is 0 Å². The maximum Gasteiger partial charge on any atom is 0.247 e. The lowest BCUT2D eigenvalue weighted by Gasteiger charge is -2.33. The number of amides is 2. The molecule has 1 aliphatic rings. The molecule has 2 amide bonds. The molecule has 120 valence electrons. The average molecular weight is 305 g/mol. The molecular weight excluding hydrogens is 282 g/mol. The number of piperidine rings is 1. The number of aromatic nitrogens is 1. The standard InChI is InChI=1S/C16H23N3O3/c1-11(2)22-15-10-13(7-8-17-15)18-16(21)14-6-4-5-9-19(14)12(3)20/h7-8,10-11,14H,4-6,9H2,1-3H3,(H,17,18,21). The van der Waals surface area contributed by atoms with Gasteiger partial charge in [-0.05, 0) is 39.2 Å². The Bertz CT molecular complexity index is 545. The van der Waals surface area contributed by atoms with E-state index in [4.69, 9.17) is 4.74 Å². The van der Waals surface area contributed by atoms with Gasteiger partial charge in [0.05, 0.1) is 6.10 Å². The van der Waals surface area contributed by atoms with Crippen molar-refractivity contribution >= 4 is 17.5 Å². The van der Waals surface area contributed by atoms with E-state index in [1.165, 1.54) is 6.92 Å². The predicted molar refractivity (Wildman–Crippen MR) is 83.7 cm³/mol. The Labute approximate surface area is 130 Å². The van der Waals surface area contributed by atoms with E-state index < -0.39 is 6.04 Å². The monoisotopic (exact) mass is 305 g/mol. The molecule has 2 heterocycles. The quantitative estimate of drug-likeness (QED) is 0.925. The third-order valence-corrected chi connectivity index (χ3v) is 3.57. The van der Waals surface area contributed by atoms with Crippen LogP contribution in [0.4, 0.5) is 5.69 Å². The van der Waals surface area contributed by atoms with Gasteiger partial charge in [0, 0.05) is 31.4 Å². The summed E-state index contributed by atoms with van der Waals surface area (Å²) in [5.74, 6) is 0.259. The summed E-state index contributed by atoms with van der Waals surface area (Å²) in [5.41, 5.74) is 0.629. The molecule has 1 saturated heterocycles. The van der Waals surface area contributed by atoms with Gasteiger partial charge < -0.3 is 15.0 Å². The Balaban J connectivity index is 2.06. The van der Waals surface area contributed by atoms with Crippen LogP contribution in [0.3, 0.4) is 0 Å². The number of carbonyl (C=O) groups is 2. The Kier molecular flexibility index (Phi) is 5.35. The van der Waals surface area contributed by atoms with Crippen molar-refractivity contribution in [1.29, 1.82) is 0 Å². The van der Waals surface area contributed by atoms with Gasteiger partial charge in [0.2, 0.25) is 17.7 Å². The SMILES string of the molecule is CC(=O)N1CCCCC1C(=O)Nc1ccnc(OC(C)C)c1. The summed E-state index contributed by atoms with van der Waals surface area (Å²) in [7, 11) is 0. The number of carbonyl (C=O) groups excluding carboxylic acids is 2. The fourth-order valence-corrected chi connectivity index (χ4v) is 2.60. The molecule has 1 N–H and O–H groups in total. The first-order valence-corrected chi connectivity index (χ1v) is 7.68. The molecule has 1 fully saturated rings. The van der Waals surface area contributed by atoms with E-state index in [9.17, 15) is 9.59 Å². The molecular formula is C16H23N3O3. The second kappa shape index (κ2) is 7.24. The number of pyridine rings is 1. The maximum absolute atomic E-state index is 12.4. The number of likely N-dealkylation sites (tertiary alicyclic amines) is 1. The minimum Gasteiger partial charge on any atom is -0.475 e. The van der Waals surface area contributed by atoms with Crippen molar-refractivity contribution in [2.24, 2.45) is 0 Å². The van der Waals surface area contributed by atoms with Gasteiger partial charge in [-0.15, -0.1) is 0 Å². The van der Waals surface area contributed by atoms with Crippen molar-refractivity contribution in [2.45, 2.75) is 52.2 Å². The van der Waals surface area contributed by atoms with Crippen LogP contribution in [-0.4, -0.2) is 40.4 Å². The Morgan fingerprint density at radius 2 is 2.18 bits per heavy atom. The molecule has 1 aromatic rings. The topological polar surface area (TPSA) is 71.5 Å². The Morgan fingerprint density at radius 1 is 1.41 bits per heavy atom. The number of hydrogen-bond acceptors (Lipinski definition) is 4. The zero-order chi connectivity index (χ0) is 16.1. The molecule has 6 nitrogen and oxygen atoms in total. The van der Waals surface area contributed by atoms with Crippen LogP contribution in [0.15, 0.2) is 18.3 Å². The molecule has 1 unspecified atom stereocenters. The average Bonchev–Trinajstić information content (AvgIpc) is 2.46. The molecule has 0 aliphatic carbocycles. The van der Waals surface area contributed by atoms with E-state index >= 15 is 0 Å². The first-order valence-electron chi connectivity index (χ1n) is 7.68. The highest BCUT2D eigenvalue weighted by atomic mass is 16.5. The van der Waals surface area contributed by atoms with Crippen molar-refractivity contribution in [3.8, 4) is 5.88 Å². The smallest absolute Gasteiger partial charge is 0.247 e. The molecule has 0 spiro atoms. The summed E-state index contributed by atoms with van der Waals surface area (Å²) in [6, 6.07) is 3.01. The van der Waals surface area contributed by atoms with Gasteiger partial charge in [0.1, 0.15) is 6.04 Å². The van der Waals surface area contributed by atoms with Crippen LogP contribution in [0.2, 0.25) is 0 Å². The minimum atomic E-state index is -0.395. The summed E-state index contributed by atoms with van der Waals surface area (Å²) in [5, 5.41) is 2.86. The van der Waals surface area contributed by atoms with Gasteiger partial charge in [-0.2, -0.15) is 0 Å². The largest absolute Gasteiger partial charge is 0.475 e. The third kappa shape index (κ3) is 4.19. The molecule has 1 atom stereocenters. The number of nitrogens with one attached hydrogen (secondary N) is 1. The van der Waals surface area contributed by atoms with Crippen LogP contribution in [0.25, 0.3) is 0 Å². The lowest BCUT2D eigenvalue weighted by atomic mass is 10.0. The van der Waals surface area contributed by atoms with Crippen molar-refractivity contribution in [3.05, 3.63) is 18.3 Å². The number of hydrogen-bond donors (Lipinski definition) is 1. The molecule has 1 aliphatic heterocycles. The highest BCUT2D eigenvalue weighted by molar-refractivity contribution is 5.97. The van der Waals surface area contributed by atoms with Gasteiger partial charge in [-0.1, -0.05) is 0 Å². The van der Waals surface area contributed by atoms with E-state index in [1.807, 2.05) is 13.8 Å². The summed E-state index contributed by atoms with van der Waals surface area (Å²) in [4.78, 5) is 29.9. The van der Waals surface area contributed by atoms with E-state index in [-0.39, 0.29) is 17.9 Å². The molecule has 0 radical (unpaired) electrons. The summed E-state index contributed by atoms with van der Waals surface area (Å²) in [6.07, 6.45) is 4.22. The van der Waals surface area contributed by atoms with Crippen LogP contribution < -0.4 is 10.1 Å². The second-order valence-corrected chi connectivity index (χ2v) is 5.76. The van der Waals surface area contributed by atoms with Crippen LogP contribution in [0.5, 0.6) is 5.88 Å². The summed E-state index contributed by atoms with van der Waals surface area (Å²) >= 11 is 0. The number of ether oxygens (including phenoxy) is 1. The van der Waals surface area contributed by atoms with Gasteiger partial charge in [-0.25, -0.2) is 4.98 Å². The van der Waals surface area contributed by atoms with Crippen molar-refractivity contribution in [1.82, 2.24) is 9.88 Å². The van der Waals surface area contributed by atoms with Crippen molar-refractivity contribution in [3.63, 3.8) is 0 Å². The van der Waals surface area contributed by atoms with Gasteiger partial charge in [0.15, 0.2) is 0 Å². The van der Waals surface area contributed by atoms with Crippen molar-refractivity contribution < 1.29 is 14.3 Å². The second-order valence-electron chi connectivity index (χ2n) is 5.76. The highest BCUT2D eigenvalue weighted by Crippen LogP contribution is 2.20. The highest BCUT2D eigenvalue weighted by Gasteiger charge is 2.30. The maximum atomic E-state index is 12.4.